The minimum Gasteiger partial charge on any atom is -0.493 e. The summed E-state index contributed by atoms with van der Waals surface area (Å²) in [5.41, 5.74) is 3.07. The van der Waals surface area contributed by atoms with E-state index in [1.165, 1.54) is 6.20 Å². The Morgan fingerprint density at radius 2 is 2.27 bits per heavy atom. The van der Waals surface area contributed by atoms with Crippen molar-refractivity contribution in [2.75, 3.05) is 11.9 Å². The molecule has 1 N–H and O–H groups in total. The van der Waals surface area contributed by atoms with Crippen LogP contribution >= 0.6 is 0 Å². The molecule has 0 aliphatic carbocycles. The van der Waals surface area contributed by atoms with E-state index in [4.69, 9.17) is 4.74 Å². The van der Waals surface area contributed by atoms with Crippen molar-refractivity contribution in [1.82, 2.24) is 4.98 Å². The van der Waals surface area contributed by atoms with Crippen molar-refractivity contribution in [3.8, 4) is 5.75 Å². The quantitative estimate of drug-likeness (QED) is 0.874. The van der Waals surface area contributed by atoms with E-state index in [1.54, 1.807) is 24.4 Å². The molecule has 22 heavy (non-hydrogen) atoms. The number of aryl methyl sites for hydroxylation is 1. The molecule has 0 atom stereocenters. The number of carbonyl (C=O) groups excluding carboxylic acids is 1. The van der Waals surface area contributed by atoms with Gasteiger partial charge in [0, 0.05) is 23.6 Å². The van der Waals surface area contributed by atoms with Gasteiger partial charge in [0.25, 0.3) is 5.91 Å². The summed E-state index contributed by atoms with van der Waals surface area (Å²) in [5, 5.41) is 2.87. The average molecular weight is 296 g/mol. The van der Waals surface area contributed by atoms with Gasteiger partial charge in [0.15, 0.2) is 0 Å². The summed E-state index contributed by atoms with van der Waals surface area (Å²) in [5.74, 6) is 0.626. The van der Waals surface area contributed by atoms with Crippen molar-refractivity contribution < 1.29 is 9.53 Å². The van der Waals surface area contributed by atoms with E-state index >= 15 is 0 Å². The number of aromatic nitrogens is 1. The van der Waals surface area contributed by atoms with E-state index in [2.05, 4.69) is 23.8 Å². The van der Waals surface area contributed by atoms with Gasteiger partial charge in [-0.05, 0) is 43.2 Å². The number of rotatable bonds is 6. The number of anilines is 1. The van der Waals surface area contributed by atoms with Gasteiger partial charge in [0.1, 0.15) is 5.75 Å². The highest BCUT2D eigenvalue weighted by molar-refractivity contribution is 6.04. The molecule has 1 aromatic carbocycles. The van der Waals surface area contributed by atoms with Gasteiger partial charge >= 0.3 is 0 Å². The topological polar surface area (TPSA) is 51.2 Å². The van der Waals surface area contributed by atoms with Crippen LogP contribution in [0, 0.1) is 6.92 Å². The van der Waals surface area contributed by atoms with Crippen LogP contribution in [0.4, 0.5) is 5.69 Å². The molecule has 0 radical (unpaired) electrons. The Hall–Kier alpha value is -2.62. The molecule has 114 valence electrons. The molecule has 1 amide bonds. The van der Waals surface area contributed by atoms with Gasteiger partial charge < -0.3 is 10.1 Å². The van der Waals surface area contributed by atoms with Crippen molar-refractivity contribution >= 4 is 17.7 Å². The van der Waals surface area contributed by atoms with Crippen molar-refractivity contribution in [3.63, 3.8) is 0 Å². The first-order valence-electron chi connectivity index (χ1n) is 7.27. The predicted molar refractivity (Wildman–Crippen MR) is 89.2 cm³/mol. The Balaban J connectivity index is 2.23. The number of carbonyl (C=O) groups is 1. The molecule has 0 aliphatic heterocycles. The molecule has 4 heteroatoms. The van der Waals surface area contributed by atoms with Gasteiger partial charge in [-0.15, -0.1) is 0 Å². The highest BCUT2D eigenvalue weighted by Crippen LogP contribution is 2.29. The number of amides is 1. The van der Waals surface area contributed by atoms with E-state index in [1.807, 2.05) is 19.1 Å². The van der Waals surface area contributed by atoms with Crippen LogP contribution in [-0.4, -0.2) is 17.5 Å². The van der Waals surface area contributed by atoms with Gasteiger partial charge in [0.05, 0.1) is 12.2 Å². The Labute approximate surface area is 130 Å². The zero-order valence-electron chi connectivity index (χ0n) is 12.9. The fourth-order valence-corrected chi connectivity index (χ4v) is 2.13. The summed E-state index contributed by atoms with van der Waals surface area (Å²) in [7, 11) is 0. The Morgan fingerprint density at radius 3 is 2.91 bits per heavy atom. The van der Waals surface area contributed by atoms with Crippen LogP contribution in [0.15, 0.2) is 43.2 Å². The lowest BCUT2D eigenvalue weighted by Crippen LogP contribution is -2.12. The van der Waals surface area contributed by atoms with Crippen LogP contribution in [0.2, 0.25) is 0 Å². The molecule has 2 rings (SSSR count). The van der Waals surface area contributed by atoms with Crippen molar-refractivity contribution in [3.05, 3.63) is 59.9 Å². The van der Waals surface area contributed by atoms with Gasteiger partial charge in [-0.1, -0.05) is 19.6 Å². The van der Waals surface area contributed by atoms with Crippen LogP contribution in [-0.2, 0) is 0 Å². The van der Waals surface area contributed by atoms with E-state index in [9.17, 15) is 4.79 Å². The molecule has 0 spiro atoms. The smallest absolute Gasteiger partial charge is 0.257 e. The van der Waals surface area contributed by atoms with Gasteiger partial charge in [-0.25, -0.2) is 0 Å². The van der Waals surface area contributed by atoms with Crippen LogP contribution in [0.5, 0.6) is 5.75 Å². The van der Waals surface area contributed by atoms with E-state index in [0.717, 1.165) is 23.3 Å². The number of hydrogen-bond acceptors (Lipinski definition) is 3. The third kappa shape index (κ3) is 3.73. The summed E-state index contributed by atoms with van der Waals surface area (Å²) in [6.45, 7) is 8.49. The van der Waals surface area contributed by atoms with Crippen LogP contribution in [0.25, 0.3) is 6.08 Å². The second kappa shape index (κ2) is 7.41. The minimum atomic E-state index is -0.190. The van der Waals surface area contributed by atoms with Crippen LogP contribution in [0.3, 0.4) is 0 Å². The molecular formula is C18H20N2O2. The third-order valence-corrected chi connectivity index (χ3v) is 3.16. The molecule has 0 bridgehead atoms. The molecule has 1 aromatic heterocycles. The molecule has 0 unspecified atom stereocenters. The van der Waals surface area contributed by atoms with E-state index < -0.39 is 0 Å². The maximum Gasteiger partial charge on any atom is 0.257 e. The molecule has 0 saturated carbocycles. The number of pyridine rings is 1. The fourth-order valence-electron chi connectivity index (χ4n) is 2.13. The first-order chi connectivity index (χ1) is 10.7. The Bertz CT molecular complexity index is 666. The van der Waals surface area contributed by atoms with Gasteiger partial charge in [-0.2, -0.15) is 0 Å². The maximum atomic E-state index is 12.2. The summed E-state index contributed by atoms with van der Waals surface area (Å²) < 4.78 is 5.76. The summed E-state index contributed by atoms with van der Waals surface area (Å²) in [4.78, 5) is 16.1. The lowest BCUT2D eigenvalue weighted by molar-refractivity contribution is 0.102. The molecule has 0 saturated heterocycles. The third-order valence-electron chi connectivity index (χ3n) is 3.16. The summed E-state index contributed by atoms with van der Waals surface area (Å²) >= 11 is 0. The molecule has 0 aliphatic rings. The highest BCUT2D eigenvalue weighted by Gasteiger charge is 2.11. The Morgan fingerprint density at radius 1 is 1.45 bits per heavy atom. The molecule has 1 heterocycles. The number of nitrogens with one attached hydrogen (secondary N) is 1. The maximum absolute atomic E-state index is 12.2. The summed E-state index contributed by atoms with van der Waals surface area (Å²) in [6.07, 6.45) is 5.85. The molecule has 2 aromatic rings. The normalized spacial score (nSPS) is 10.1. The number of hydrogen-bond donors (Lipinski definition) is 1. The average Bonchev–Trinajstić information content (AvgIpc) is 2.54. The van der Waals surface area contributed by atoms with Crippen molar-refractivity contribution in [2.45, 2.75) is 20.3 Å². The summed E-state index contributed by atoms with van der Waals surface area (Å²) in [6, 6.07) is 7.21. The monoisotopic (exact) mass is 296 g/mol. The van der Waals surface area contributed by atoms with Gasteiger partial charge in [0.2, 0.25) is 0 Å². The zero-order valence-corrected chi connectivity index (χ0v) is 12.9. The highest BCUT2D eigenvalue weighted by atomic mass is 16.5. The molecular weight excluding hydrogens is 276 g/mol. The predicted octanol–water partition coefficient (Wildman–Crippen LogP) is 4.07. The van der Waals surface area contributed by atoms with E-state index in [-0.39, 0.29) is 5.91 Å². The second-order valence-corrected chi connectivity index (χ2v) is 4.96. The molecule has 4 nitrogen and oxygen atoms in total. The van der Waals surface area contributed by atoms with Crippen LogP contribution in [0.1, 0.15) is 34.8 Å². The second-order valence-electron chi connectivity index (χ2n) is 4.96. The first kappa shape index (κ1) is 15.8. The van der Waals surface area contributed by atoms with Gasteiger partial charge in [-0.3, -0.25) is 9.78 Å². The van der Waals surface area contributed by atoms with Crippen LogP contribution < -0.4 is 10.1 Å². The van der Waals surface area contributed by atoms with E-state index in [0.29, 0.717) is 17.9 Å². The zero-order chi connectivity index (χ0) is 15.9. The molecule has 0 fully saturated rings. The fraction of sp³-hybridized carbons (Fsp3) is 0.222. The number of nitrogens with zero attached hydrogens (tertiary/aromatic N) is 1. The number of benzene rings is 1. The minimum absolute atomic E-state index is 0.190. The Kier molecular flexibility index (Phi) is 5.31. The van der Waals surface area contributed by atoms with Crippen molar-refractivity contribution in [1.29, 1.82) is 0 Å². The standard InChI is InChI=1S/C18H20N2O2/c1-4-9-22-17-13(3)10-16(11-14(17)5-2)20-18(21)15-7-6-8-19-12-15/h5-8,10-12H,2,4,9H2,1,3H3,(H,20,21). The lowest BCUT2D eigenvalue weighted by Gasteiger charge is -2.14. The largest absolute Gasteiger partial charge is 0.493 e. The number of ether oxygens (including phenoxy) is 1. The van der Waals surface area contributed by atoms with Crippen molar-refractivity contribution in [2.24, 2.45) is 0 Å². The lowest BCUT2D eigenvalue weighted by atomic mass is 10.1. The SMILES string of the molecule is C=Cc1cc(NC(=O)c2cccnc2)cc(C)c1OCCC. The first-order valence-corrected chi connectivity index (χ1v) is 7.27.